The van der Waals surface area contributed by atoms with Crippen LogP contribution < -0.4 is 5.32 Å². The molecule has 0 aliphatic rings. The standard InChI is InChI=1S/C25H25N5O/c1-17(2)20-10-8-19(9-11-20)16-27-25(31)23-24(21-12-14-26-15-13-21)30(29-28-23)22-7-5-4-6-18(22)3/h4-15,17H,16H2,1-3H3,(H,27,31). The van der Waals surface area contributed by atoms with Crippen molar-refractivity contribution >= 4 is 5.91 Å². The number of nitrogens with one attached hydrogen (secondary N) is 1. The lowest BCUT2D eigenvalue weighted by molar-refractivity contribution is 0.0946. The number of pyridine rings is 1. The molecular formula is C25H25N5O. The first-order chi connectivity index (χ1) is 15.0. The van der Waals surface area contributed by atoms with Crippen molar-refractivity contribution in [3.05, 3.63) is 95.4 Å². The van der Waals surface area contributed by atoms with E-state index in [1.165, 1.54) is 5.56 Å². The van der Waals surface area contributed by atoms with Crippen molar-refractivity contribution in [3.8, 4) is 16.9 Å². The fraction of sp³-hybridized carbons (Fsp3) is 0.200. The summed E-state index contributed by atoms with van der Waals surface area (Å²) < 4.78 is 1.72. The second-order valence-corrected chi connectivity index (χ2v) is 7.80. The highest BCUT2D eigenvalue weighted by Crippen LogP contribution is 2.26. The third-order valence-corrected chi connectivity index (χ3v) is 5.28. The quantitative estimate of drug-likeness (QED) is 0.499. The van der Waals surface area contributed by atoms with Gasteiger partial charge in [0.05, 0.1) is 5.69 Å². The van der Waals surface area contributed by atoms with E-state index in [-0.39, 0.29) is 11.6 Å². The molecule has 4 aromatic rings. The largest absolute Gasteiger partial charge is 0.346 e. The molecule has 0 saturated carbocycles. The van der Waals surface area contributed by atoms with E-state index in [1.54, 1.807) is 17.1 Å². The molecule has 6 heteroatoms. The fourth-order valence-corrected chi connectivity index (χ4v) is 3.46. The Morgan fingerprint density at radius 1 is 1.00 bits per heavy atom. The van der Waals surface area contributed by atoms with Crippen molar-refractivity contribution < 1.29 is 4.79 Å². The Balaban J connectivity index is 1.65. The average molecular weight is 412 g/mol. The van der Waals surface area contributed by atoms with Crippen LogP contribution in [0.15, 0.2) is 73.1 Å². The summed E-state index contributed by atoms with van der Waals surface area (Å²) >= 11 is 0. The fourth-order valence-electron chi connectivity index (χ4n) is 3.46. The van der Waals surface area contributed by atoms with Crippen LogP contribution in [0.4, 0.5) is 0 Å². The van der Waals surface area contributed by atoms with Gasteiger partial charge in [-0.2, -0.15) is 0 Å². The van der Waals surface area contributed by atoms with Crippen molar-refractivity contribution in [1.82, 2.24) is 25.3 Å². The molecule has 0 fully saturated rings. The molecule has 156 valence electrons. The van der Waals surface area contributed by atoms with Crippen LogP contribution >= 0.6 is 0 Å². The third-order valence-electron chi connectivity index (χ3n) is 5.28. The normalized spacial score (nSPS) is 11.0. The van der Waals surface area contributed by atoms with Crippen molar-refractivity contribution in [2.75, 3.05) is 0 Å². The zero-order valence-electron chi connectivity index (χ0n) is 17.9. The monoisotopic (exact) mass is 411 g/mol. The van der Waals surface area contributed by atoms with Gasteiger partial charge in [0.2, 0.25) is 0 Å². The van der Waals surface area contributed by atoms with Gasteiger partial charge in [-0.25, -0.2) is 4.68 Å². The van der Waals surface area contributed by atoms with Crippen LogP contribution in [-0.2, 0) is 6.54 Å². The van der Waals surface area contributed by atoms with Crippen molar-refractivity contribution in [3.63, 3.8) is 0 Å². The molecule has 1 amide bonds. The van der Waals surface area contributed by atoms with Gasteiger partial charge in [-0.15, -0.1) is 5.10 Å². The highest BCUT2D eigenvalue weighted by Gasteiger charge is 2.22. The molecule has 0 spiro atoms. The number of nitrogens with zero attached hydrogens (tertiary/aromatic N) is 4. The van der Waals surface area contributed by atoms with Gasteiger partial charge in [-0.1, -0.05) is 61.5 Å². The topological polar surface area (TPSA) is 72.7 Å². The molecule has 0 unspecified atom stereocenters. The van der Waals surface area contributed by atoms with E-state index in [0.717, 1.165) is 22.4 Å². The summed E-state index contributed by atoms with van der Waals surface area (Å²) in [5.41, 5.74) is 5.99. The van der Waals surface area contributed by atoms with Gasteiger partial charge in [0.15, 0.2) is 5.69 Å². The summed E-state index contributed by atoms with van der Waals surface area (Å²) in [7, 11) is 0. The molecule has 2 aromatic heterocycles. The number of aromatic nitrogens is 4. The summed E-state index contributed by atoms with van der Waals surface area (Å²) in [6.45, 7) is 6.75. The minimum absolute atomic E-state index is 0.264. The van der Waals surface area contributed by atoms with Crippen LogP contribution in [0.5, 0.6) is 0 Å². The predicted octanol–water partition coefficient (Wildman–Crippen LogP) is 4.69. The number of amides is 1. The lowest BCUT2D eigenvalue weighted by Crippen LogP contribution is -2.24. The summed E-state index contributed by atoms with van der Waals surface area (Å²) in [4.78, 5) is 17.2. The zero-order chi connectivity index (χ0) is 21.8. The van der Waals surface area contributed by atoms with Crippen LogP contribution in [0.1, 0.15) is 46.9 Å². The summed E-state index contributed by atoms with van der Waals surface area (Å²) in [5.74, 6) is 0.211. The Hall–Kier alpha value is -3.80. The first-order valence-electron chi connectivity index (χ1n) is 10.3. The lowest BCUT2D eigenvalue weighted by atomic mass is 10.0. The Kier molecular flexibility index (Phi) is 5.89. The van der Waals surface area contributed by atoms with Gasteiger partial charge in [0, 0.05) is 24.5 Å². The maximum absolute atomic E-state index is 13.1. The van der Waals surface area contributed by atoms with Crippen molar-refractivity contribution in [1.29, 1.82) is 0 Å². The summed E-state index contributed by atoms with van der Waals surface area (Å²) in [6, 6.07) is 19.9. The number of benzene rings is 2. The molecule has 6 nitrogen and oxygen atoms in total. The molecule has 0 atom stereocenters. The average Bonchev–Trinajstić information content (AvgIpc) is 3.23. The predicted molar refractivity (Wildman–Crippen MR) is 121 cm³/mol. The number of para-hydroxylation sites is 1. The van der Waals surface area contributed by atoms with Crippen LogP contribution in [0.2, 0.25) is 0 Å². The van der Waals surface area contributed by atoms with E-state index in [0.29, 0.717) is 18.2 Å². The van der Waals surface area contributed by atoms with Gasteiger partial charge in [-0.05, 0) is 47.7 Å². The van der Waals surface area contributed by atoms with E-state index in [9.17, 15) is 4.79 Å². The molecule has 0 aliphatic carbocycles. The number of carbonyl (C=O) groups is 1. The maximum Gasteiger partial charge on any atom is 0.274 e. The Morgan fingerprint density at radius 2 is 1.71 bits per heavy atom. The first-order valence-corrected chi connectivity index (χ1v) is 10.3. The van der Waals surface area contributed by atoms with Gasteiger partial charge >= 0.3 is 0 Å². The van der Waals surface area contributed by atoms with E-state index in [4.69, 9.17) is 0 Å². The van der Waals surface area contributed by atoms with Crippen LogP contribution in [0.3, 0.4) is 0 Å². The van der Waals surface area contributed by atoms with Gasteiger partial charge < -0.3 is 5.32 Å². The van der Waals surface area contributed by atoms with E-state index >= 15 is 0 Å². The van der Waals surface area contributed by atoms with Crippen molar-refractivity contribution in [2.45, 2.75) is 33.2 Å². The molecule has 2 heterocycles. The Bertz CT molecular complexity index is 1180. The molecule has 4 rings (SSSR count). The highest BCUT2D eigenvalue weighted by molar-refractivity contribution is 5.98. The highest BCUT2D eigenvalue weighted by atomic mass is 16.2. The SMILES string of the molecule is Cc1ccccc1-n1nnc(C(=O)NCc2ccc(C(C)C)cc2)c1-c1ccncc1. The Morgan fingerprint density at radius 3 is 2.39 bits per heavy atom. The van der Waals surface area contributed by atoms with E-state index in [2.05, 4.69) is 46.6 Å². The van der Waals surface area contributed by atoms with Crippen molar-refractivity contribution in [2.24, 2.45) is 0 Å². The summed E-state index contributed by atoms with van der Waals surface area (Å²) in [6.07, 6.45) is 3.39. The second-order valence-electron chi connectivity index (χ2n) is 7.80. The maximum atomic E-state index is 13.1. The zero-order valence-corrected chi connectivity index (χ0v) is 17.9. The molecule has 31 heavy (non-hydrogen) atoms. The Labute approximate surface area is 182 Å². The molecule has 0 radical (unpaired) electrons. The molecule has 2 aromatic carbocycles. The molecule has 0 saturated heterocycles. The van der Waals surface area contributed by atoms with Gasteiger partial charge in [0.25, 0.3) is 5.91 Å². The number of hydrogen-bond acceptors (Lipinski definition) is 4. The first kappa shape index (κ1) is 20.5. The van der Waals surface area contributed by atoms with E-state index in [1.807, 2.05) is 55.5 Å². The van der Waals surface area contributed by atoms with Crippen LogP contribution in [0, 0.1) is 6.92 Å². The third kappa shape index (κ3) is 4.38. The van der Waals surface area contributed by atoms with Gasteiger partial charge in [-0.3, -0.25) is 9.78 Å². The second kappa shape index (κ2) is 8.92. The molecule has 1 N–H and O–H groups in total. The lowest BCUT2D eigenvalue weighted by Gasteiger charge is -2.11. The molecule has 0 bridgehead atoms. The smallest absolute Gasteiger partial charge is 0.274 e. The number of carbonyl (C=O) groups excluding carboxylic acids is 1. The minimum atomic E-state index is -0.264. The van der Waals surface area contributed by atoms with Crippen LogP contribution in [0.25, 0.3) is 16.9 Å². The van der Waals surface area contributed by atoms with Crippen LogP contribution in [-0.4, -0.2) is 25.9 Å². The number of rotatable bonds is 6. The number of hydrogen-bond donors (Lipinski definition) is 1. The number of aryl methyl sites for hydroxylation is 1. The minimum Gasteiger partial charge on any atom is -0.346 e. The summed E-state index contributed by atoms with van der Waals surface area (Å²) in [5, 5.41) is 11.5. The molecule has 0 aliphatic heterocycles. The van der Waals surface area contributed by atoms with E-state index < -0.39 is 0 Å². The van der Waals surface area contributed by atoms with Gasteiger partial charge in [0.1, 0.15) is 5.69 Å². The molecular weight excluding hydrogens is 386 g/mol.